The first kappa shape index (κ1) is 16.4. The lowest BCUT2D eigenvalue weighted by molar-refractivity contribution is 1.01. The topological polar surface area (TPSA) is 28.7 Å². The average molecular weight is 388 g/mol. The van der Waals surface area contributed by atoms with Gasteiger partial charge in [-0.15, -0.1) is 11.3 Å². The highest BCUT2D eigenvalue weighted by Crippen LogP contribution is 2.41. The van der Waals surface area contributed by atoms with Crippen LogP contribution in [-0.2, 0) is 7.05 Å². The van der Waals surface area contributed by atoms with Crippen LogP contribution < -0.4 is 0 Å². The van der Waals surface area contributed by atoms with Crippen LogP contribution in [0.3, 0.4) is 0 Å². The number of fused-ring (bicyclic) bond motifs is 6. The Morgan fingerprint density at radius 2 is 1.52 bits per heavy atom. The molecule has 0 aliphatic heterocycles. The third-order valence-electron chi connectivity index (χ3n) is 5.85. The van der Waals surface area contributed by atoms with Gasteiger partial charge < -0.3 is 4.57 Å². The van der Waals surface area contributed by atoms with Crippen LogP contribution in [0.5, 0.6) is 0 Å². The molecule has 0 unspecified atom stereocenters. The van der Waals surface area contributed by atoms with E-state index in [-0.39, 0.29) is 0 Å². The molecule has 0 aliphatic rings. The summed E-state index contributed by atoms with van der Waals surface area (Å²) in [7, 11) is 2.09. The number of rotatable bonds is 1. The molecule has 0 saturated heterocycles. The molecule has 3 heteroatoms. The summed E-state index contributed by atoms with van der Waals surface area (Å²) in [4.78, 5) is 0. The van der Waals surface area contributed by atoms with Gasteiger partial charge in [0, 0.05) is 49.0 Å². The van der Waals surface area contributed by atoms with Gasteiger partial charge in [0.05, 0.1) is 11.6 Å². The number of nitriles is 1. The van der Waals surface area contributed by atoms with Crippen LogP contribution in [0.25, 0.3) is 53.1 Å². The summed E-state index contributed by atoms with van der Waals surface area (Å²) in [5, 5.41) is 14.3. The molecule has 0 amide bonds. The molecule has 2 nitrogen and oxygen atoms in total. The van der Waals surface area contributed by atoms with Crippen LogP contribution in [0.15, 0.2) is 78.9 Å². The molecule has 4 aromatic carbocycles. The highest BCUT2D eigenvalue weighted by atomic mass is 32.1. The zero-order valence-electron chi connectivity index (χ0n) is 15.8. The van der Waals surface area contributed by atoms with Crippen molar-refractivity contribution < 1.29 is 0 Å². The largest absolute Gasteiger partial charge is 0.344 e. The van der Waals surface area contributed by atoms with E-state index in [4.69, 9.17) is 0 Å². The predicted octanol–water partition coefficient (Wildman–Crippen LogP) is 7.24. The van der Waals surface area contributed by atoms with Crippen molar-refractivity contribution in [3.63, 3.8) is 0 Å². The first-order valence-electron chi connectivity index (χ1n) is 9.57. The van der Waals surface area contributed by atoms with Gasteiger partial charge in [0.15, 0.2) is 0 Å². The van der Waals surface area contributed by atoms with E-state index in [0.717, 1.165) is 10.9 Å². The zero-order chi connectivity index (χ0) is 19.5. The Labute approximate surface area is 171 Å². The van der Waals surface area contributed by atoms with E-state index in [1.807, 2.05) is 29.5 Å². The zero-order valence-corrected chi connectivity index (χ0v) is 16.6. The van der Waals surface area contributed by atoms with E-state index >= 15 is 0 Å². The van der Waals surface area contributed by atoms with Crippen molar-refractivity contribution >= 4 is 53.3 Å². The maximum atomic E-state index is 9.34. The summed E-state index contributed by atoms with van der Waals surface area (Å²) in [6, 6.07) is 30.1. The van der Waals surface area contributed by atoms with Crippen molar-refractivity contribution in [3.8, 4) is 17.2 Å². The summed E-state index contributed by atoms with van der Waals surface area (Å²) >= 11 is 1.86. The van der Waals surface area contributed by atoms with Gasteiger partial charge in [-0.2, -0.15) is 5.26 Å². The molecule has 2 heterocycles. The van der Waals surface area contributed by atoms with Gasteiger partial charge in [-0.1, -0.05) is 42.5 Å². The van der Waals surface area contributed by atoms with Crippen molar-refractivity contribution in [2.24, 2.45) is 7.05 Å². The summed E-state index contributed by atoms with van der Waals surface area (Å²) in [5.41, 5.74) is 5.50. The van der Waals surface area contributed by atoms with Crippen LogP contribution in [0.2, 0.25) is 0 Å². The molecule has 136 valence electrons. The van der Waals surface area contributed by atoms with Crippen molar-refractivity contribution in [1.29, 1.82) is 5.26 Å². The van der Waals surface area contributed by atoms with E-state index in [0.29, 0.717) is 5.56 Å². The third kappa shape index (κ3) is 2.27. The minimum Gasteiger partial charge on any atom is -0.344 e. The van der Waals surface area contributed by atoms with Crippen molar-refractivity contribution in [2.45, 2.75) is 0 Å². The molecular formula is C26H16N2S. The molecule has 0 atom stereocenters. The monoisotopic (exact) mass is 388 g/mol. The number of hydrogen-bond acceptors (Lipinski definition) is 2. The minimum atomic E-state index is 0.696. The Hall–Kier alpha value is -3.61. The Balaban J connectivity index is 1.68. The maximum Gasteiger partial charge on any atom is 0.0991 e. The molecule has 6 rings (SSSR count). The number of nitrogens with zero attached hydrogens (tertiary/aromatic N) is 2. The molecule has 0 radical (unpaired) electrons. The molecule has 0 spiro atoms. The summed E-state index contributed by atoms with van der Waals surface area (Å²) in [6.45, 7) is 0. The minimum absolute atomic E-state index is 0.696. The lowest BCUT2D eigenvalue weighted by Gasteiger charge is -2.05. The summed E-state index contributed by atoms with van der Waals surface area (Å²) in [6.07, 6.45) is 0. The van der Waals surface area contributed by atoms with Gasteiger partial charge in [-0.3, -0.25) is 0 Å². The fourth-order valence-electron chi connectivity index (χ4n) is 4.43. The molecule has 0 fully saturated rings. The van der Waals surface area contributed by atoms with Gasteiger partial charge >= 0.3 is 0 Å². The Morgan fingerprint density at radius 3 is 2.38 bits per heavy atom. The first-order valence-corrected chi connectivity index (χ1v) is 10.4. The lowest BCUT2D eigenvalue weighted by atomic mass is 10.0. The summed E-state index contributed by atoms with van der Waals surface area (Å²) < 4.78 is 4.85. The van der Waals surface area contributed by atoms with Crippen molar-refractivity contribution in [1.82, 2.24) is 4.57 Å². The van der Waals surface area contributed by atoms with Gasteiger partial charge in [-0.05, 0) is 47.5 Å². The second-order valence-electron chi connectivity index (χ2n) is 7.42. The molecule has 0 bridgehead atoms. The third-order valence-corrected chi connectivity index (χ3v) is 7.07. The van der Waals surface area contributed by atoms with Crippen molar-refractivity contribution in [3.05, 3.63) is 84.4 Å². The van der Waals surface area contributed by atoms with Crippen LogP contribution in [0, 0.1) is 11.3 Å². The second kappa shape index (κ2) is 5.94. The molecule has 0 saturated carbocycles. The number of benzene rings is 4. The van der Waals surface area contributed by atoms with Crippen LogP contribution in [-0.4, -0.2) is 4.57 Å². The molecule has 2 aromatic heterocycles. The van der Waals surface area contributed by atoms with Crippen LogP contribution in [0.4, 0.5) is 0 Å². The normalized spacial score (nSPS) is 11.6. The highest BCUT2D eigenvalue weighted by molar-refractivity contribution is 7.26. The highest BCUT2D eigenvalue weighted by Gasteiger charge is 2.13. The molecule has 0 N–H and O–H groups in total. The molecule has 29 heavy (non-hydrogen) atoms. The van der Waals surface area contributed by atoms with E-state index < -0.39 is 0 Å². The van der Waals surface area contributed by atoms with Crippen LogP contribution in [0.1, 0.15) is 5.56 Å². The van der Waals surface area contributed by atoms with E-state index in [1.165, 1.54) is 42.2 Å². The lowest BCUT2D eigenvalue weighted by Crippen LogP contribution is -1.86. The number of thiophene rings is 1. The first-order chi connectivity index (χ1) is 14.2. The van der Waals surface area contributed by atoms with E-state index in [1.54, 1.807) is 0 Å². The smallest absolute Gasteiger partial charge is 0.0991 e. The fourth-order valence-corrected chi connectivity index (χ4v) is 5.67. The van der Waals surface area contributed by atoms with Gasteiger partial charge in [0.25, 0.3) is 0 Å². The standard InChI is InChI=1S/C26H16N2S/c1-28-23-11-9-16(15-27)13-21(23)22-14-17(10-12-24(22)28)18-6-4-7-20-19-5-2-3-8-25(19)29-26(18)20/h2-14H,1H3. The molecule has 6 aromatic rings. The fraction of sp³-hybridized carbons (Fsp3) is 0.0385. The molecular weight excluding hydrogens is 372 g/mol. The van der Waals surface area contributed by atoms with E-state index in [2.05, 4.69) is 78.3 Å². The number of aromatic nitrogens is 1. The number of hydrogen-bond donors (Lipinski definition) is 0. The average Bonchev–Trinajstić information content (AvgIpc) is 3.29. The Morgan fingerprint density at radius 1 is 0.759 bits per heavy atom. The van der Waals surface area contributed by atoms with Gasteiger partial charge in [0.2, 0.25) is 0 Å². The maximum absolute atomic E-state index is 9.34. The van der Waals surface area contributed by atoms with Crippen molar-refractivity contribution in [2.75, 3.05) is 0 Å². The Kier molecular flexibility index (Phi) is 3.35. The Bertz CT molecular complexity index is 1630. The van der Waals surface area contributed by atoms with Crippen LogP contribution >= 0.6 is 11.3 Å². The van der Waals surface area contributed by atoms with Gasteiger partial charge in [-0.25, -0.2) is 0 Å². The predicted molar refractivity (Wildman–Crippen MR) is 123 cm³/mol. The van der Waals surface area contributed by atoms with E-state index in [9.17, 15) is 5.26 Å². The SMILES string of the molecule is Cn1c2ccc(C#N)cc2c2cc(-c3cccc4c3sc3ccccc34)ccc21. The molecule has 0 aliphatic carbocycles. The number of aryl methyl sites for hydroxylation is 1. The summed E-state index contributed by atoms with van der Waals surface area (Å²) in [5.74, 6) is 0. The quantitative estimate of drug-likeness (QED) is 0.292. The second-order valence-corrected chi connectivity index (χ2v) is 8.47. The van der Waals surface area contributed by atoms with Gasteiger partial charge in [0.1, 0.15) is 0 Å².